The first-order valence-corrected chi connectivity index (χ1v) is 5.87. The molecule has 0 fully saturated rings. The highest BCUT2D eigenvalue weighted by Crippen LogP contribution is 2.29. The van der Waals surface area contributed by atoms with Crippen molar-refractivity contribution in [3.05, 3.63) is 29.3 Å². The highest BCUT2D eigenvalue weighted by Gasteiger charge is 2.24. The van der Waals surface area contributed by atoms with Gasteiger partial charge in [-0.05, 0) is 30.0 Å². The van der Waals surface area contributed by atoms with Gasteiger partial charge in [0.05, 0.1) is 12.2 Å². The Labute approximate surface area is 106 Å². The lowest BCUT2D eigenvalue weighted by molar-refractivity contribution is 0.0674. The van der Waals surface area contributed by atoms with Crippen LogP contribution in [-0.2, 0) is 5.41 Å². The second-order valence-electron chi connectivity index (χ2n) is 5.06. The highest BCUT2D eigenvalue weighted by molar-refractivity contribution is 6.01. The van der Waals surface area contributed by atoms with Crippen LogP contribution in [0.1, 0.15) is 43.6 Å². The molecule has 2 nitrogen and oxygen atoms in total. The Bertz CT molecular complexity index is 434. The molecular weight excluding hydrogens is 238 g/mol. The fourth-order valence-corrected chi connectivity index (χ4v) is 1.59. The van der Waals surface area contributed by atoms with Crippen molar-refractivity contribution in [3.8, 4) is 5.75 Å². The van der Waals surface area contributed by atoms with Crippen LogP contribution in [0.15, 0.2) is 18.2 Å². The summed E-state index contributed by atoms with van der Waals surface area (Å²) >= 11 is 0. The van der Waals surface area contributed by atoms with E-state index in [-0.39, 0.29) is 16.7 Å². The summed E-state index contributed by atoms with van der Waals surface area (Å²) < 4.78 is 30.3. The molecule has 0 aliphatic rings. The Kier molecular flexibility index (Phi) is 4.43. The van der Waals surface area contributed by atoms with E-state index in [2.05, 4.69) is 0 Å². The number of carbonyl (C=O) groups is 1. The predicted octanol–water partition coefficient (Wildman–Crippen LogP) is 3.83. The molecule has 0 radical (unpaired) electrons. The summed E-state index contributed by atoms with van der Waals surface area (Å²) in [6.45, 7) is 7.95. The first kappa shape index (κ1) is 14.6. The van der Waals surface area contributed by atoms with Gasteiger partial charge < -0.3 is 4.74 Å². The SMILES string of the molecule is CCOc1ccc(C(C)(C)C)cc1C(=O)C(F)F. The first-order valence-electron chi connectivity index (χ1n) is 5.87. The lowest BCUT2D eigenvalue weighted by Gasteiger charge is -2.21. The van der Waals surface area contributed by atoms with Gasteiger partial charge in [-0.15, -0.1) is 0 Å². The summed E-state index contributed by atoms with van der Waals surface area (Å²) in [7, 11) is 0. The van der Waals surface area contributed by atoms with Gasteiger partial charge in [0.2, 0.25) is 5.78 Å². The average Bonchev–Trinajstić information content (AvgIpc) is 2.27. The Morgan fingerprint density at radius 2 is 1.94 bits per heavy atom. The van der Waals surface area contributed by atoms with Gasteiger partial charge in [-0.3, -0.25) is 4.79 Å². The molecule has 0 N–H and O–H groups in total. The molecule has 0 aliphatic heterocycles. The molecule has 4 heteroatoms. The summed E-state index contributed by atoms with van der Waals surface area (Å²) in [5, 5.41) is 0. The third-order valence-electron chi connectivity index (χ3n) is 2.61. The monoisotopic (exact) mass is 256 g/mol. The number of benzene rings is 1. The average molecular weight is 256 g/mol. The molecule has 0 aliphatic carbocycles. The number of halogens is 2. The molecule has 0 heterocycles. The zero-order chi connectivity index (χ0) is 13.9. The molecule has 0 saturated carbocycles. The van der Waals surface area contributed by atoms with Crippen LogP contribution in [0, 0.1) is 0 Å². The number of rotatable bonds is 4. The Morgan fingerprint density at radius 1 is 1.33 bits per heavy atom. The lowest BCUT2D eigenvalue weighted by atomic mass is 9.85. The van der Waals surface area contributed by atoms with Crippen molar-refractivity contribution < 1.29 is 18.3 Å². The molecule has 1 aromatic rings. The van der Waals surface area contributed by atoms with Crippen LogP contribution >= 0.6 is 0 Å². The topological polar surface area (TPSA) is 26.3 Å². The fourth-order valence-electron chi connectivity index (χ4n) is 1.59. The van der Waals surface area contributed by atoms with Crippen LogP contribution in [0.4, 0.5) is 8.78 Å². The molecule has 18 heavy (non-hydrogen) atoms. The largest absolute Gasteiger partial charge is 0.493 e. The zero-order valence-electron chi connectivity index (χ0n) is 11.1. The number of alkyl halides is 2. The second-order valence-corrected chi connectivity index (χ2v) is 5.06. The molecular formula is C14H18F2O2. The second kappa shape index (κ2) is 5.46. The van der Waals surface area contributed by atoms with Crippen LogP contribution in [0.5, 0.6) is 5.75 Å². The molecule has 1 rings (SSSR count). The Balaban J connectivity index is 3.28. The number of hydrogen-bond acceptors (Lipinski definition) is 2. The molecule has 0 unspecified atom stereocenters. The third kappa shape index (κ3) is 3.28. The summed E-state index contributed by atoms with van der Waals surface area (Å²) in [6.07, 6.45) is -3.01. The van der Waals surface area contributed by atoms with Crippen LogP contribution < -0.4 is 4.74 Å². The Hall–Kier alpha value is -1.45. The molecule has 0 saturated heterocycles. The number of Topliss-reactive ketones (excluding diaryl/α,β-unsaturated/α-hetero) is 1. The maximum Gasteiger partial charge on any atom is 0.300 e. The smallest absolute Gasteiger partial charge is 0.300 e. The van der Waals surface area contributed by atoms with Crippen molar-refractivity contribution in [2.24, 2.45) is 0 Å². The normalized spacial score (nSPS) is 11.7. The molecule has 100 valence electrons. The van der Waals surface area contributed by atoms with Crippen LogP contribution in [-0.4, -0.2) is 18.8 Å². The minimum Gasteiger partial charge on any atom is -0.493 e. The number of carbonyl (C=O) groups excluding carboxylic acids is 1. The highest BCUT2D eigenvalue weighted by atomic mass is 19.3. The summed E-state index contributed by atoms with van der Waals surface area (Å²) in [5.74, 6) is -0.972. The van der Waals surface area contributed by atoms with E-state index >= 15 is 0 Å². The molecule has 0 bridgehead atoms. The van der Waals surface area contributed by atoms with Gasteiger partial charge in [0, 0.05) is 0 Å². The summed E-state index contributed by atoms with van der Waals surface area (Å²) in [5.41, 5.74) is 0.580. The summed E-state index contributed by atoms with van der Waals surface area (Å²) in [4.78, 5) is 11.5. The van der Waals surface area contributed by atoms with Gasteiger partial charge in [-0.25, -0.2) is 8.78 Å². The fraction of sp³-hybridized carbons (Fsp3) is 0.500. The van der Waals surface area contributed by atoms with Gasteiger partial charge in [0.1, 0.15) is 5.75 Å². The van der Waals surface area contributed by atoms with E-state index in [0.717, 1.165) is 5.56 Å². The van der Waals surface area contributed by atoms with E-state index in [1.165, 1.54) is 6.07 Å². The van der Waals surface area contributed by atoms with Crippen molar-refractivity contribution in [1.29, 1.82) is 0 Å². The van der Waals surface area contributed by atoms with E-state index in [1.54, 1.807) is 19.1 Å². The standard InChI is InChI=1S/C14H18F2O2/c1-5-18-11-7-6-9(14(2,3)4)8-10(11)12(17)13(15)16/h6-8,13H,5H2,1-4H3. The molecule has 0 aromatic heterocycles. The molecule has 1 aromatic carbocycles. The van der Waals surface area contributed by atoms with Crippen molar-refractivity contribution in [1.82, 2.24) is 0 Å². The minimum absolute atomic E-state index is 0.0423. The van der Waals surface area contributed by atoms with Crippen LogP contribution in [0.25, 0.3) is 0 Å². The third-order valence-corrected chi connectivity index (χ3v) is 2.61. The van der Waals surface area contributed by atoms with E-state index in [1.807, 2.05) is 20.8 Å². The number of ether oxygens (including phenoxy) is 1. The first-order chi connectivity index (χ1) is 8.27. The van der Waals surface area contributed by atoms with Gasteiger partial charge in [-0.2, -0.15) is 0 Å². The predicted molar refractivity (Wildman–Crippen MR) is 66.6 cm³/mol. The van der Waals surface area contributed by atoms with Gasteiger partial charge in [0.25, 0.3) is 0 Å². The maximum atomic E-state index is 12.6. The van der Waals surface area contributed by atoms with Crippen molar-refractivity contribution in [2.45, 2.75) is 39.5 Å². The van der Waals surface area contributed by atoms with Crippen molar-refractivity contribution >= 4 is 5.78 Å². The van der Waals surface area contributed by atoms with Gasteiger partial charge in [-0.1, -0.05) is 26.8 Å². The maximum absolute atomic E-state index is 12.6. The Morgan fingerprint density at radius 3 is 2.39 bits per heavy atom. The molecule has 0 spiro atoms. The minimum atomic E-state index is -3.01. The van der Waals surface area contributed by atoms with E-state index < -0.39 is 12.2 Å². The van der Waals surface area contributed by atoms with Crippen LogP contribution in [0.2, 0.25) is 0 Å². The zero-order valence-corrected chi connectivity index (χ0v) is 11.1. The lowest BCUT2D eigenvalue weighted by Crippen LogP contribution is -2.16. The van der Waals surface area contributed by atoms with E-state index in [9.17, 15) is 13.6 Å². The van der Waals surface area contributed by atoms with E-state index in [0.29, 0.717) is 6.61 Å². The van der Waals surface area contributed by atoms with Gasteiger partial charge in [0.15, 0.2) is 0 Å². The number of hydrogen-bond donors (Lipinski definition) is 0. The number of ketones is 1. The quantitative estimate of drug-likeness (QED) is 0.765. The van der Waals surface area contributed by atoms with Crippen LogP contribution in [0.3, 0.4) is 0 Å². The van der Waals surface area contributed by atoms with Crippen molar-refractivity contribution in [3.63, 3.8) is 0 Å². The molecule has 0 atom stereocenters. The molecule has 0 amide bonds. The van der Waals surface area contributed by atoms with Gasteiger partial charge >= 0.3 is 6.43 Å². The summed E-state index contributed by atoms with van der Waals surface area (Å²) in [6, 6.07) is 4.88. The van der Waals surface area contributed by atoms with Crippen molar-refractivity contribution in [2.75, 3.05) is 6.61 Å². The van der Waals surface area contributed by atoms with E-state index in [4.69, 9.17) is 4.74 Å².